The van der Waals surface area contributed by atoms with Gasteiger partial charge in [-0.3, -0.25) is 14.0 Å². The topological polar surface area (TPSA) is 167 Å². The van der Waals surface area contributed by atoms with Crippen LogP contribution in [0.3, 0.4) is 0 Å². The SMILES string of the molecule is COc1ccc(Cn2nnc(C=Cc3c(N4CCC(O)CC4)nc4cc(C(N)=O)cc(-c5nc(C(C)(C)C)cs5)n4c3=O)n2)cc1. The normalized spacial score (nSPS) is 14.4. The maximum absolute atomic E-state index is 14.4. The molecule has 1 aliphatic rings. The molecule has 46 heavy (non-hydrogen) atoms. The van der Waals surface area contributed by atoms with Gasteiger partial charge in [-0.25, -0.2) is 9.97 Å². The fourth-order valence-electron chi connectivity index (χ4n) is 5.20. The van der Waals surface area contributed by atoms with E-state index in [0.29, 0.717) is 60.4 Å². The lowest BCUT2D eigenvalue weighted by Gasteiger charge is -2.31. The number of rotatable bonds is 8. The van der Waals surface area contributed by atoms with Gasteiger partial charge in [-0.05, 0) is 60.0 Å². The first kappa shape index (κ1) is 31.0. The van der Waals surface area contributed by atoms with E-state index in [1.54, 1.807) is 25.3 Å². The Kier molecular flexibility index (Phi) is 8.40. The Hall–Kier alpha value is -4.95. The van der Waals surface area contributed by atoms with Gasteiger partial charge < -0.3 is 20.5 Å². The summed E-state index contributed by atoms with van der Waals surface area (Å²) in [5.41, 5.74) is 8.19. The summed E-state index contributed by atoms with van der Waals surface area (Å²) in [4.78, 5) is 40.0. The summed E-state index contributed by atoms with van der Waals surface area (Å²) < 4.78 is 6.69. The number of carbonyl (C=O) groups excluding carboxylic acids is 1. The smallest absolute Gasteiger partial charge is 0.267 e. The van der Waals surface area contributed by atoms with Gasteiger partial charge in [0.2, 0.25) is 5.91 Å². The number of ether oxygens (including phenoxy) is 1. The fourth-order valence-corrected chi connectivity index (χ4v) is 6.25. The van der Waals surface area contributed by atoms with Gasteiger partial charge in [0, 0.05) is 29.4 Å². The maximum Gasteiger partial charge on any atom is 0.267 e. The second-order valence-corrected chi connectivity index (χ2v) is 13.1. The van der Waals surface area contributed by atoms with Gasteiger partial charge in [-0.2, -0.15) is 4.80 Å². The number of benzene rings is 1. The van der Waals surface area contributed by atoms with E-state index in [2.05, 4.69) is 36.2 Å². The highest BCUT2D eigenvalue weighted by Crippen LogP contribution is 2.31. The van der Waals surface area contributed by atoms with Crippen molar-refractivity contribution in [1.29, 1.82) is 0 Å². The first-order valence-corrected chi connectivity index (χ1v) is 15.8. The molecular weight excluding hydrogens is 606 g/mol. The van der Waals surface area contributed by atoms with Gasteiger partial charge in [-0.1, -0.05) is 32.9 Å². The Labute approximate surface area is 269 Å². The number of carbonyl (C=O) groups is 1. The first-order chi connectivity index (χ1) is 22.0. The van der Waals surface area contributed by atoms with Crippen LogP contribution < -0.4 is 20.9 Å². The average molecular weight is 642 g/mol. The lowest BCUT2D eigenvalue weighted by Crippen LogP contribution is -2.38. The highest BCUT2D eigenvalue weighted by molar-refractivity contribution is 7.13. The molecule has 238 valence electrons. The Morgan fingerprint density at radius 1 is 1.13 bits per heavy atom. The number of hydrogen-bond acceptors (Lipinski definition) is 11. The molecule has 1 amide bonds. The Morgan fingerprint density at radius 2 is 1.87 bits per heavy atom. The van der Waals surface area contributed by atoms with Crippen LogP contribution in [0.25, 0.3) is 28.5 Å². The molecule has 6 rings (SSSR count). The van der Waals surface area contributed by atoms with Gasteiger partial charge in [0.15, 0.2) is 5.82 Å². The van der Waals surface area contributed by atoms with Crippen molar-refractivity contribution in [3.63, 3.8) is 0 Å². The van der Waals surface area contributed by atoms with Crippen LogP contribution in [0.4, 0.5) is 5.82 Å². The summed E-state index contributed by atoms with van der Waals surface area (Å²) in [6, 6.07) is 10.7. The first-order valence-electron chi connectivity index (χ1n) is 14.9. The number of aliphatic hydroxyl groups excluding tert-OH is 1. The molecule has 1 aliphatic heterocycles. The molecule has 1 aromatic carbocycles. The number of anilines is 1. The highest BCUT2D eigenvalue weighted by atomic mass is 32.1. The van der Waals surface area contributed by atoms with Crippen LogP contribution in [-0.4, -0.2) is 71.9 Å². The number of tetrazole rings is 1. The van der Waals surface area contributed by atoms with Crippen LogP contribution in [0, 0.1) is 0 Å². The monoisotopic (exact) mass is 641 g/mol. The molecule has 14 heteroatoms. The summed E-state index contributed by atoms with van der Waals surface area (Å²) in [5.74, 6) is 0.866. The lowest BCUT2D eigenvalue weighted by atomic mass is 9.93. The van der Waals surface area contributed by atoms with Crippen molar-refractivity contribution in [3.05, 3.63) is 80.3 Å². The van der Waals surface area contributed by atoms with Crippen LogP contribution in [0.5, 0.6) is 5.75 Å². The van der Waals surface area contributed by atoms with Crippen molar-refractivity contribution in [1.82, 2.24) is 34.6 Å². The molecule has 0 saturated carbocycles. The molecule has 4 aromatic heterocycles. The zero-order chi connectivity index (χ0) is 32.6. The van der Waals surface area contributed by atoms with Gasteiger partial charge in [0.1, 0.15) is 22.2 Å². The zero-order valence-corrected chi connectivity index (χ0v) is 26.9. The third kappa shape index (κ3) is 6.39. The number of primary amides is 1. The second kappa shape index (κ2) is 12.4. The number of aliphatic hydroxyl groups is 1. The molecule has 13 nitrogen and oxygen atoms in total. The third-order valence-electron chi connectivity index (χ3n) is 7.83. The summed E-state index contributed by atoms with van der Waals surface area (Å²) >= 11 is 1.38. The van der Waals surface area contributed by atoms with E-state index < -0.39 is 12.0 Å². The second-order valence-electron chi connectivity index (χ2n) is 12.2. The van der Waals surface area contributed by atoms with Crippen molar-refractivity contribution < 1.29 is 14.6 Å². The molecule has 0 unspecified atom stereocenters. The van der Waals surface area contributed by atoms with Crippen molar-refractivity contribution in [3.8, 4) is 16.5 Å². The van der Waals surface area contributed by atoms with Crippen LogP contribution in [-0.2, 0) is 12.0 Å². The molecule has 0 spiro atoms. The Morgan fingerprint density at radius 3 is 2.52 bits per heavy atom. The van der Waals surface area contributed by atoms with E-state index in [1.165, 1.54) is 26.6 Å². The van der Waals surface area contributed by atoms with Crippen molar-refractivity contribution in [2.24, 2.45) is 5.73 Å². The molecule has 1 fully saturated rings. The molecule has 1 saturated heterocycles. The molecule has 0 bridgehead atoms. The average Bonchev–Trinajstić information content (AvgIpc) is 3.71. The number of aromatic nitrogens is 7. The quantitative estimate of drug-likeness (QED) is 0.256. The predicted octanol–water partition coefficient (Wildman–Crippen LogP) is 3.39. The number of amides is 1. The van der Waals surface area contributed by atoms with Crippen LogP contribution in [0.1, 0.15) is 66.6 Å². The van der Waals surface area contributed by atoms with Crippen LogP contribution >= 0.6 is 11.3 Å². The molecule has 5 heterocycles. The number of pyridine rings is 1. The van der Waals surface area contributed by atoms with Gasteiger partial charge >= 0.3 is 0 Å². The lowest BCUT2D eigenvalue weighted by molar-refractivity contribution is 0.1000. The largest absolute Gasteiger partial charge is 0.497 e. The van der Waals surface area contributed by atoms with Gasteiger partial charge in [0.05, 0.1) is 36.7 Å². The number of nitrogens with two attached hydrogens (primary N) is 1. The number of fused-ring (bicyclic) bond motifs is 1. The summed E-state index contributed by atoms with van der Waals surface area (Å²) in [7, 11) is 1.62. The van der Waals surface area contributed by atoms with E-state index in [4.69, 9.17) is 20.4 Å². The minimum absolute atomic E-state index is 0.216. The fraction of sp³-hybridized carbons (Fsp3) is 0.344. The molecule has 3 N–H and O–H groups in total. The molecule has 0 atom stereocenters. The number of thiazole rings is 1. The number of piperidine rings is 1. The predicted molar refractivity (Wildman–Crippen MR) is 176 cm³/mol. The standard InChI is InChI=1S/C32H35N9O4S/c1-32(2,3)25-18-46-30(34-25)24-15-20(28(33)43)16-27-35-29(39-13-11-21(42)12-14-39)23(31(44)41(24)27)9-10-26-36-38-40(37-26)17-19-5-7-22(45-4)8-6-19/h5-10,15-16,18,21,42H,11-14,17H2,1-4H3,(H2,33,43). The number of nitrogens with zero attached hydrogens (tertiary/aromatic N) is 8. The maximum atomic E-state index is 14.4. The Balaban J connectivity index is 1.45. The molecule has 0 radical (unpaired) electrons. The van der Waals surface area contributed by atoms with Crippen molar-refractivity contribution >= 4 is 40.9 Å². The van der Waals surface area contributed by atoms with Gasteiger partial charge in [-0.15, -0.1) is 21.5 Å². The minimum Gasteiger partial charge on any atom is -0.497 e. The van der Waals surface area contributed by atoms with Crippen LogP contribution in [0.2, 0.25) is 0 Å². The number of hydrogen-bond donors (Lipinski definition) is 2. The zero-order valence-electron chi connectivity index (χ0n) is 26.0. The molecular formula is C32H35N9O4S. The third-order valence-corrected chi connectivity index (χ3v) is 8.70. The Bertz CT molecular complexity index is 1980. The van der Waals surface area contributed by atoms with Crippen LogP contribution in [0.15, 0.2) is 46.6 Å². The van der Waals surface area contributed by atoms with E-state index >= 15 is 0 Å². The summed E-state index contributed by atoms with van der Waals surface area (Å²) in [6.45, 7) is 7.59. The highest BCUT2D eigenvalue weighted by Gasteiger charge is 2.25. The summed E-state index contributed by atoms with van der Waals surface area (Å²) in [6.07, 6.45) is 3.92. The van der Waals surface area contributed by atoms with Crippen molar-refractivity contribution in [2.75, 3.05) is 25.1 Å². The van der Waals surface area contributed by atoms with Crippen molar-refractivity contribution in [2.45, 2.75) is 51.7 Å². The summed E-state index contributed by atoms with van der Waals surface area (Å²) in [5, 5.41) is 25.5. The van der Waals surface area contributed by atoms with Gasteiger partial charge in [0.25, 0.3) is 5.56 Å². The molecule has 5 aromatic rings. The molecule has 0 aliphatic carbocycles. The minimum atomic E-state index is -0.638. The number of methoxy groups -OCH3 is 1. The van der Waals surface area contributed by atoms with E-state index in [9.17, 15) is 14.7 Å². The van der Waals surface area contributed by atoms with E-state index in [0.717, 1.165) is 17.0 Å². The van der Waals surface area contributed by atoms with E-state index in [-0.39, 0.29) is 22.2 Å². The van der Waals surface area contributed by atoms with E-state index in [1.807, 2.05) is 34.5 Å².